The Morgan fingerprint density at radius 3 is 2.82 bits per heavy atom. The first-order chi connectivity index (χ1) is 8.04. The van der Waals surface area contributed by atoms with E-state index >= 15 is 0 Å². The van der Waals surface area contributed by atoms with Crippen molar-refractivity contribution in [2.45, 2.75) is 13.8 Å². The van der Waals surface area contributed by atoms with Gasteiger partial charge in [0.05, 0.1) is 13.3 Å². The highest BCUT2D eigenvalue weighted by molar-refractivity contribution is 9.10. The number of halogens is 1. The first-order valence-electron chi connectivity index (χ1n) is 5.21. The van der Waals surface area contributed by atoms with Crippen LogP contribution in [0.1, 0.15) is 19.4 Å². The van der Waals surface area contributed by atoms with Gasteiger partial charge in [0, 0.05) is 16.0 Å². The molecule has 0 aliphatic heterocycles. The summed E-state index contributed by atoms with van der Waals surface area (Å²) in [4.78, 5) is 11.3. The van der Waals surface area contributed by atoms with Crippen LogP contribution in [0.25, 0.3) is 0 Å². The number of benzene rings is 1. The summed E-state index contributed by atoms with van der Waals surface area (Å²) in [7, 11) is 1.59. The topological polar surface area (TPSA) is 50.7 Å². The van der Waals surface area contributed by atoms with Gasteiger partial charge in [-0.1, -0.05) is 29.8 Å². The van der Waals surface area contributed by atoms with Crippen LogP contribution in [0.5, 0.6) is 5.75 Å². The largest absolute Gasteiger partial charge is 0.496 e. The third kappa shape index (κ3) is 4.19. The molecule has 1 amide bonds. The Hall–Kier alpha value is -1.36. The number of nitrogens with one attached hydrogen (secondary N) is 1. The lowest BCUT2D eigenvalue weighted by Gasteiger charge is -2.05. The van der Waals surface area contributed by atoms with E-state index < -0.39 is 0 Å². The van der Waals surface area contributed by atoms with Crippen LogP contribution in [-0.2, 0) is 4.79 Å². The van der Waals surface area contributed by atoms with Crippen molar-refractivity contribution in [3.8, 4) is 5.75 Å². The maximum Gasteiger partial charge on any atom is 0.242 e. The van der Waals surface area contributed by atoms with Crippen LogP contribution >= 0.6 is 15.9 Å². The van der Waals surface area contributed by atoms with E-state index in [0.29, 0.717) is 5.75 Å². The molecular weight excluding hydrogens is 284 g/mol. The molecule has 0 heterocycles. The fourth-order valence-electron chi connectivity index (χ4n) is 1.10. The Balaban J connectivity index is 2.77. The fraction of sp³-hybridized carbons (Fsp3) is 0.333. The minimum absolute atomic E-state index is 0.0865. The van der Waals surface area contributed by atoms with E-state index in [1.807, 2.05) is 32.0 Å². The molecule has 0 radical (unpaired) electrons. The van der Waals surface area contributed by atoms with Gasteiger partial charge in [-0.05, 0) is 18.2 Å². The van der Waals surface area contributed by atoms with Gasteiger partial charge < -0.3 is 4.74 Å². The molecule has 1 aromatic rings. The van der Waals surface area contributed by atoms with Crippen molar-refractivity contribution in [3.05, 3.63) is 28.2 Å². The molecule has 0 fully saturated rings. The van der Waals surface area contributed by atoms with Crippen molar-refractivity contribution in [1.29, 1.82) is 0 Å². The second-order valence-corrected chi connectivity index (χ2v) is 4.69. The average Bonchev–Trinajstić information content (AvgIpc) is 2.29. The molecule has 0 aliphatic rings. The second-order valence-electron chi connectivity index (χ2n) is 3.78. The number of carbonyl (C=O) groups is 1. The quantitative estimate of drug-likeness (QED) is 0.686. The lowest BCUT2D eigenvalue weighted by Crippen LogP contribution is -2.22. The lowest BCUT2D eigenvalue weighted by atomic mass is 10.2. The molecule has 0 aliphatic carbocycles. The molecule has 4 nitrogen and oxygen atoms in total. The monoisotopic (exact) mass is 298 g/mol. The zero-order valence-electron chi connectivity index (χ0n) is 10.0. The molecule has 1 rings (SSSR count). The van der Waals surface area contributed by atoms with Crippen LogP contribution in [0, 0.1) is 5.92 Å². The molecule has 0 bridgehead atoms. The Bertz CT molecular complexity index is 431. The zero-order valence-corrected chi connectivity index (χ0v) is 11.6. The van der Waals surface area contributed by atoms with Crippen molar-refractivity contribution in [2.75, 3.05) is 7.11 Å². The summed E-state index contributed by atoms with van der Waals surface area (Å²) in [5.41, 5.74) is 3.26. The van der Waals surface area contributed by atoms with Crippen LogP contribution < -0.4 is 10.2 Å². The van der Waals surface area contributed by atoms with Gasteiger partial charge in [-0.3, -0.25) is 4.79 Å². The summed E-state index contributed by atoms with van der Waals surface area (Å²) in [6.07, 6.45) is 1.56. The van der Waals surface area contributed by atoms with Crippen molar-refractivity contribution in [3.63, 3.8) is 0 Å². The van der Waals surface area contributed by atoms with E-state index in [9.17, 15) is 4.79 Å². The molecule has 5 heteroatoms. The fourth-order valence-corrected chi connectivity index (χ4v) is 1.48. The Labute approximate surface area is 109 Å². The average molecular weight is 299 g/mol. The summed E-state index contributed by atoms with van der Waals surface area (Å²) < 4.78 is 6.11. The number of hydrogen-bond acceptors (Lipinski definition) is 3. The van der Waals surface area contributed by atoms with Gasteiger partial charge in [-0.15, -0.1) is 0 Å². The molecule has 0 saturated heterocycles. The van der Waals surface area contributed by atoms with Crippen LogP contribution in [0.2, 0.25) is 0 Å². The number of methoxy groups -OCH3 is 1. The van der Waals surface area contributed by atoms with Crippen LogP contribution in [0.15, 0.2) is 27.8 Å². The predicted molar refractivity (Wildman–Crippen MR) is 71.3 cm³/mol. The lowest BCUT2D eigenvalue weighted by molar-refractivity contribution is -0.123. The maximum atomic E-state index is 11.3. The number of rotatable bonds is 4. The molecule has 0 unspecified atom stereocenters. The Morgan fingerprint density at radius 1 is 1.53 bits per heavy atom. The normalized spacial score (nSPS) is 10.9. The highest BCUT2D eigenvalue weighted by atomic mass is 79.9. The standard InChI is InChI=1S/C12H15BrN2O2/c1-8(2)12(16)15-14-7-9-6-10(13)4-5-11(9)17-3/h4-8H,1-3H3,(H,15,16)/b14-7+. The molecule has 0 atom stereocenters. The van der Waals surface area contributed by atoms with Gasteiger partial charge in [0.2, 0.25) is 5.91 Å². The van der Waals surface area contributed by atoms with Gasteiger partial charge in [0.25, 0.3) is 0 Å². The Morgan fingerprint density at radius 2 is 2.24 bits per heavy atom. The molecule has 1 N–H and O–H groups in total. The molecule has 0 spiro atoms. The highest BCUT2D eigenvalue weighted by Crippen LogP contribution is 2.21. The van der Waals surface area contributed by atoms with Crippen LogP contribution in [0.3, 0.4) is 0 Å². The highest BCUT2D eigenvalue weighted by Gasteiger charge is 2.04. The van der Waals surface area contributed by atoms with Gasteiger partial charge in [-0.25, -0.2) is 5.43 Å². The summed E-state index contributed by atoms with van der Waals surface area (Å²) in [6, 6.07) is 5.57. The minimum Gasteiger partial charge on any atom is -0.496 e. The summed E-state index contributed by atoms with van der Waals surface area (Å²) in [5.74, 6) is 0.502. The smallest absolute Gasteiger partial charge is 0.242 e. The molecule has 0 saturated carbocycles. The summed E-state index contributed by atoms with van der Waals surface area (Å²) in [5, 5.41) is 3.89. The number of ether oxygens (including phenoxy) is 1. The van der Waals surface area contributed by atoms with Crippen molar-refractivity contribution >= 4 is 28.1 Å². The minimum atomic E-state index is -0.116. The second kappa shape index (κ2) is 6.39. The number of amides is 1. The number of hydrogen-bond donors (Lipinski definition) is 1. The van der Waals surface area contributed by atoms with Crippen LogP contribution in [0.4, 0.5) is 0 Å². The van der Waals surface area contributed by atoms with Crippen molar-refractivity contribution in [1.82, 2.24) is 5.43 Å². The summed E-state index contributed by atoms with van der Waals surface area (Å²) >= 11 is 3.36. The zero-order chi connectivity index (χ0) is 12.8. The first-order valence-corrected chi connectivity index (χ1v) is 6.00. The van der Waals surface area contributed by atoms with E-state index in [2.05, 4.69) is 26.5 Å². The molecule has 92 valence electrons. The molecule has 1 aromatic carbocycles. The van der Waals surface area contributed by atoms with Gasteiger partial charge >= 0.3 is 0 Å². The van der Waals surface area contributed by atoms with Crippen molar-refractivity contribution in [2.24, 2.45) is 11.0 Å². The summed E-state index contributed by atoms with van der Waals surface area (Å²) in [6.45, 7) is 3.62. The third-order valence-corrected chi connectivity index (χ3v) is 2.59. The molecule has 0 aromatic heterocycles. The van der Waals surface area contributed by atoms with E-state index in [0.717, 1.165) is 10.0 Å². The van der Waals surface area contributed by atoms with Gasteiger partial charge in [-0.2, -0.15) is 5.10 Å². The number of carbonyl (C=O) groups excluding carboxylic acids is 1. The van der Waals surface area contributed by atoms with Crippen molar-refractivity contribution < 1.29 is 9.53 Å². The van der Waals surface area contributed by atoms with Gasteiger partial charge in [0.15, 0.2) is 0 Å². The van der Waals surface area contributed by atoms with E-state index in [-0.39, 0.29) is 11.8 Å². The molecular formula is C12H15BrN2O2. The number of hydrazone groups is 1. The maximum absolute atomic E-state index is 11.3. The first kappa shape index (κ1) is 13.7. The van der Waals surface area contributed by atoms with Gasteiger partial charge in [0.1, 0.15) is 5.75 Å². The SMILES string of the molecule is COc1ccc(Br)cc1/C=N/NC(=O)C(C)C. The van der Waals surface area contributed by atoms with E-state index in [1.54, 1.807) is 13.3 Å². The van der Waals surface area contributed by atoms with E-state index in [4.69, 9.17) is 4.74 Å². The predicted octanol–water partition coefficient (Wildman–Crippen LogP) is 2.56. The number of nitrogens with zero attached hydrogens (tertiary/aromatic N) is 1. The van der Waals surface area contributed by atoms with E-state index in [1.165, 1.54) is 0 Å². The van der Waals surface area contributed by atoms with Crippen LogP contribution in [-0.4, -0.2) is 19.2 Å². The third-order valence-electron chi connectivity index (χ3n) is 2.09. The Kier molecular flexibility index (Phi) is 5.15. The molecule has 17 heavy (non-hydrogen) atoms.